The number of aliphatic hydroxyl groups excluding tert-OH is 1. The number of hydrogen-bond acceptors (Lipinski definition) is 1. The van der Waals surface area contributed by atoms with Gasteiger partial charge in [0.15, 0.2) is 0 Å². The van der Waals surface area contributed by atoms with Gasteiger partial charge < -0.3 is 5.11 Å². The molecule has 0 aromatic heterocycles. The maximum absolute atomic E-state index is 9.64. The molecule has 0 saturated heterocycles. The van der Waals surface area contributed by atoms with Crippen molar-refractivity contribution in [1.29, 1.82) is 0 Å². The third-order valence-electron chi connectivity index (χ3n) is 4.35. The molecule has 0 bridgehead atoms. The van der Waals surface area contributed by atoms with E-state index in [0.717, 1.165) is 12.3 Å². The first kappa shape index (κ1) is 13.6. The summed E-state index contributed by atoms with van der Waals surface area (Å²) >= 11 is 0. The SMILES string of the molecule is CC(C)(C)c1ccc(CC(C)(CO)C2CC2)cc1. The summed E-state index contributed by atoms with van der Waals surface area (Å²) in [6.45, 7) is 9.25. The maximum Gasteiger partial charge on any atom is 0.0490 e. The van der Waals surface area contributed by atoms with Gasteiger partial charge in [-0.1, -0.05) is 52.0 Å². The number of hydrogen-bond donors (Lipinski definition) is 1. The van der Waals surface area contributed by atoms with E-state index in [2.05, 4.69) is 52.0 Å². The summed E-state index contributed by atoms with van der Waals surface area (Å²) in [5, 5.41) is 9.64. The minimum absolute atomic E-state index is 0.0866. The van der Waals surface area contributed by atoms with Gasteiger partial charge in [-0.15, -0.1) is 0 Å². The van der Waals surface area contributed by atoms with Crippen LogP contribution in [0.3, 0.4) is 0 Å². The molecule has 1 N–H and O–H groups in total. The first-order chi connectivity index (χ1) is 8.35. The summed E-state index contributed by atoms with van der Waals surface area (Å²) in [6.07, 6.45) is 3.58. The molecule has 1 aliphatic rings. The zero-order valence-corrected chi connectivity index (χ0v) is 12.2. The minimum Gasteiger partial charge on any atom is -0.396 e. The Morgan fingerprint density at radius 2 is 1.61 bits per heavy atom. The van der Waals surface area contributed by atoms with E-state index >= 15 is 0 Å². The lowest BCUT2D eigenvalue weighted by atomic mass is 9.79. The second-order valence-corrected chi connectivity index (χ2v) is 7.21. The zero-order chi connectivity index (χ0) is 13.4. The van der Waals surface area contributed by atoms with Crippen LogP contribution in [0.4, 0.5) is 0 Å². The fourth-order valence-corrected chi connectivity index (χ4v) is 2.70. The van der Waals surface area contributed by atoms with Gasteiger partial charge in [0.2, 0.25) is 0 Å². The summed E-state index contributed by atoms with van der Waals surface area (Å²) in [7, 11) is 0. The summed E-state index contributed by atoms with van der Waals surface area (Å²) < 4.78 is 0. The normalized spacial score (nSPS) is 19.6. The minimum atomic E-state index is 0.0866. The fraction of sp³-hybridized carbons (Fsp3) is 0.647. The van der Waals surface area contributed by atoms with Gasteiger partial charge >= 0.3 is 0 Å². The molecule has 0 heterocycles. The number of aliphatic hydroxyl groups is 1. The van der Waals surface area contributed by atoms with Crippen LogP contribution in [0.2, 0.25) is 0 Å². The Labute approximate surface area is 111 Å². The topological polar surface area (TPSA) is 20.2 Å². The average Bonchev–Trinajstić information content (AvgIpc) is 3.12. The van der Waals surface area contributed by atoms with Gasteiger partial charge in [0.1, 0.15) is 0 Å². The summed E-state index contributed by atoms with van der Waals surface area (Å²) in [4.78, 5) is 0. The van der Waals surface area contributed by atoms with Crippen LogP contribution >= 0.6 is 0 Å². The largest absolute Gasteiger partial charge is 0.396 e. The van der Waals surface area contributed by atoms with Crippen LogP contribution < -0.4 is 0 Å². The van der Waals surface area contributed by atoms with Crippen molar-refractivity contribution in [2.24, 2.45) is 11.3 Å². The Kier molecular flexibility index (Phi) is 3.55. The predicted octanol–water partition coefficient (Wildman–Crippen LogP) is 3.94. The highest BCUT2D eigenvalue weighted by molar-refractivity contribution is 5.28. The van der Waals surface area contributed by atoms with Crippen molar-refractivity contribution in [1.82, 2.24) is 0 Å². The smallest absolute Gasteiger partial charge is 0.0490 e. The molecule has 0 amide bonds. The fourth-order valence-electron chi connectivity index (χ4n) is 2.70. The zero-order valence-electron chi connectivity index (χ0n) is 12.2. The van der Waals surface area contributed by atoms with E-state index in [9.17, 15) is 5.11 Å². The molecule has 100 valence electrons. The first-order valence-electron chi connectivity index (χ1n) is 7.05. The van der Waals surface area contributed by atoms with Gasteiger partial charge in [-0.2, -0.15) is 0 Å². The molecule has 1 aromatic rings. The van der Waals surface area contributed by atoms with E-state index in [0.29, 0.717) is 6.61 Å². The van der Waals surface area contributed by atoms with Crippen LogP contribution in [-0.2, 0) is 11.8 Å². The standard InChI is InChI=1S/C17H26O/c1-16(2,3)14-7-5-13(6-8-14)11-17(4,12-18)15-9-10-15/h5-8,15,18H,9-12H2,1-4H3. The molecule has 1 atom stereocenters. The summed E-state index contributed by atoms with van der Waals surface area (Å²) in [6, 6.07) is 8.94. The van der Waals surface area contributed by atoms with E-state index in [-0.39, 0.29) is 10.8 Å². The van der Waals surface area contributed by atoms with Crippen LogP contribution in [0.25, 0.3) is 0 Å². The molecule has 1 aromatic carbocycles. The second-order valence-electron chi connectivity index (χ2n) is 7.21. The quantitative estimate of drug-likeness (QED) is 0.853. The summed E-state index contributed by atoms with van der Waals surface area (Å²) in [5.74, 6) is 0.727. The average molecular weight is 246 g/mol. The molecule has 1 saturated carbocycles. The van der Waals surface area contributed by atoms with Crippen LogP contribution in [0.5, 0.6) is 0 Å². The maximum atomic E-state index is 9.64. The molecule has 2 rings (SSSR count). The molecule has 1 nitrogen and oxygen atoms in total. The molecular weight excluding hydrogens is 220 g/mol. The summed E-state index contributed by atoms with van der Waals surface area (Å²) in [5.41, 5.74) is 3.04. The first-order valence-corrected chi connectivity index (χ1v) is 7.05. The Hall–Kier alpha value is -0.820. The van der Waals surface area contributed by atoms with Gasteiger partial charge in [0.25, 0.3) is 0 Å². The molecule has 1 unspecified atom stereocenters. The van der Waals surface area contributed by atoms with Crippen LogP contribution in [0.15, 0.2) is 24.3 Å². The van der Waals surface area contributed by atoms with Gasteiger partial charge in [0.05, 0.1) is 0 Å². The Morgan fingerprint density at radius 3 is 2.00 bits per heavy atom. The molecule has 1 fully saturated rings. The van der Waals surface area contributed by atoms with Gasteiger partial charge in [0, 0.05) is 6.61 Å². The molecular formula is C17H26O. The van der Waals surface area contributed by atoms with Crippen molar-refractivity contribution >= 4 is 0 Å². The van der Waals surface area contributed by atoms with E-state index < -0.39 is 0 Å². The second kappa shape index (κ2) is 4.70. The molecule has 0 radical (unpaired) electrons. The predicted molar refractivity (Wildman–Crippen MR) is 76.8 cm³/mol. The van der Waals surface area contributed by atoms with Crippen molar-refractivity contribution in [3.8, 4) is 0 Å². The Balaban J connectivity index is 2.10. The van der Waals surface area contributed by atoms with E-state index in [1.807, 2.05) is 0 Å². The third kappa shape index (κ3) is 2.95. The van der Waals surface area contributed by atoms with Gasteiger partial charge in [-0.25, -0.2) is 0 Å². The van der Waals surface area contributed by atoms with Crippen molar-refractivity contribution in [3.63, 3.8) is 0 Å². The van der Waals surface area contributed by atoms with Crippen LogP contribution in [0, 0.1) is 11.3 Å². The number of benzene rings is 1. The molecule has 1 heteroatoms. The van der Waals surface area contributed by atoms with Gasteiger partial charge in [-0.3, -0.25) is 0 Å². The lowest BCUT2D eigenvalue weighted by Crippen LogP contribution is -2.26. The van der Waals surface area contributed by atoms with E-state index in [1.54, 1.807) is 0 Å². The Bertz CT molecular complexity index is 395. The van der Waals surface area contributed by atoms with Crippen molar-refractivity contribution in [2.75, 3.05) is 6.61 Å². The molecule has 0 aliphatic heterocycles. The molecule has 18 heavy (non-hydrogen) atoms. The highest BCUT2D eigenvalue weighted by atomic mass is 16.3. The van der Waals surface area contributed by atoms with Crippen LogP contribution in [0.1, 0.15) is 51.7 Å². The third-order valence-corrected chi connectivity index (χ3v) is 4.35. The lowest BCUT2D eigenvalue weighted by molar-refractivity contribution is 0.119. The highest BCUT2D eigenvalue weighted by Gasteiger charge is 2.40. The van der Waals surface area contributed by atoms with Crippen LogP contribution in [-0.4, -0.2) is 11.7 Å². The lowest BCUT2D eigenvalue weighted by Gasteiger charge is -2.28. The van der Waals surface area contributed by atoms with E-state index in [4.69, 9.17) is 0 Å². The number of rotatable bonds is 4. The van der Waals surface area contributed by atoms with Crippen molar-refractivity contribution in [3.05, 3.63) is 35.4 Å². The monoisotopic (exact) mass is 246 g/mol. The molecule has 1 aliphatic carbocycles. The Morgan fingerprint density at radius 1 is 1.06 bits per heavy atom. The molecule has 0 spiro atoms. The van der Waals surface area contributed by atoms with Crippen molar-refractivity contribution in [2.45, 2.75) is 52.4 Å². The highest BCUT2D eigenvalue weighted by Crippen LogP contribution is 2.47. The van der Waals surface area contributed by atoms with Crippen molar-refractivity contribution < 1.29 is 5.11 Å². The van der Waals surface area contributed by atoms with E-state index in [1.165, 1.54) is 24.0 Å². The van der Waals surface area contributed by atoms with Gasteiger partial charge in [-0.05, 0) is 47.1 Å².